The van der Waals surface area contributed by atoms with Crippen LogP contribution in [0.1, 0.15) is 39.0 Å². The number of hydrogen-bond donors (Lipinski definition) is 1. The van der Waals surface area contributed by atoms with Crippen LogP contribution in [0, 0.1) is 0 Å². The summed E-state index contributed by atoms with van der Waals surface area (Å²) in [5.41, 5.74) is 3.76. The summed E-state index contributed by atoms with van der Waals surface area (Å²) in [5, 5.41) is 9.34. The van der Waals surface area contributed by atoms with Gasteiger partial charge in [-0.3, -0.25) is 14.5 Å². The number of nitrogens with one attached hydrogen (secondary N) is 1. The number of likely N-dealkylation sites (tertiary alicyclic amines) is 1. The first kappa shape index (κ1) is 32.5. The number of amides is 2. The second kappa shape index (κ2) is 14.0. The van der Waals surface area contributed by atoms with Crippen LogP contribution in [-0.2, 0) is 14.6 Å². The zero-order chi connectivity index (χ0) is 32.1. The van der Waals surface area contributed by atoms with Crippen LogP contribution in [0.5, 0.6) is 0 Å². The molecule has 2 amide bonds. The van der Waals surface area contributed by atoms with E-state index >= 15 is 0 Å². The Kier molecular flexibility index (Phi) is 10.1. The van der Waals surface area contributed by atoms with Crippen molar-refractivity contribution >= 4 is 45.0 Å². The fraction of sp³-hybridized carbons (Fsp3) is 0.452. The summed E-state index contributed by atoms with van der Waals surface area (Å²) in [4.78, 5) is 40.1. The zero-order valence-corrected chi connectivity index (χ0v) is 27.7. The second-order valence-corrected chi connectivity index (χ2v) is 14.6. The Bertz CT molecular complexity index is 1730. The first-order chi connectivity index (χ1) is 21.6. The lowest BCUT2D eigenvalue weighted by atomic mass is 10.1. The lowest BCUT2D eigenvalue weighted by Crippen LogP contribution is -2.53. The summed E-state index contributed by atoms with van der Waals surface area (Å²) in [6.07, 6.45) is 6.70. The van der Waals surface area contributed by atoms with Crippen molar-refractivity contribution in [1.82, 2.24) is 34.7 Å². The van der Waals surface area contributed by atoms with E-state index in [4.69, 9.17) is 9.97 Å². The summed E-state index contributed by atoms with van der Waals surface area (Å²) in [6.45, 7) is 11.6. The number of rotatable bonds is 11. The van der Waals surface area contributed by atoms with E-state index in [9.17, 15) is 18.0 Å². The molecule has 242 valence electrons. The number of likely N-dealkylation sites (N-methyl/N-ethyl adjacent to an activating group) is 1. The first-order valence-corrected chi connectivity index (χ1v) is 18.0. The molecule has 12 nitrogen and oxygen atoms in total. The molecule has 0 unspecified atom stereocenters. The molecule has 0 aliphatic carbocycles. The van der Waals surface area contributed by atoms with Gasteiger partial charge in [0.15, 0.2) is 15.5 Å². The summed E-state index contributed by atoms with van der Waals surface area (Å²) in [7, 11) is -2.91. The highest BCUT2D eigenvalue weighted by Gasteiger charge is 2.33. The average molecular weight is 655 g/mol. The maximum absolute atomic E-state index is 13.2. The maximum atomic E-state index is 13.2. The molecule has 0 saturated carbocycles. The van der Waals surface area contributed by atoms with Crippen LogP contribution in [0.4, 0.5) is 5.82 Å². The maximum Gasteiger partial charge on any atom is 0.251 e. The van der Waals surface area contributed by atoms with Crippen molar-refractivity contribution in [1.29, 1.82) is 0 Å². The predicted octanol–water partition coefficient (Wildman–Crippen LogP) is 3.31. The van der Waals surface area contributed by atoms with E-state index < -0.39 is 9.84 Å². The van der Waals surface area contributed by atoms with Crippen LogP contribution in [-0.4, -0.2) is 113 Å². The monoisotopic (exact) mass is 654 g/mol. The topological polar surface area (TPSA) is 133 Å². The van der Waals surface area contributed by atoms with Crippen molar-refractivity contribution < 1.29 is 19.4 Å². The van der Waals surface area contributed by atoms with E-state index in [0.717, 1.165) is 60.2 Å². The molecule has 6 heterocycles. The lowest BCUT2D eigenvalue weighted by Gasteiger charge is -2.34. The number of thiophene rings is 1. The number of anilines is 1. The highest BCUT2D eigenvalue weighted by atomic mass is 32.2. The van der Waals surface area contributed by atoms with Crippen LogP contribution in [0.15, 0.2) is 48.1 Å². The van der Waals surface area contributed by atoms with Crippen molar-refractivity contribution in [2.24, 2.45) is 0 Å². The molecule has 6 rings (SSSR count). The van der Waals surface area contributed by atoms with Gasteiger partial charge in [0.25, 0.3) is 5.91 Å². The fourth-order valence-electron chi connectivity index (χ4n) is 5.25. The van der Waals surface area contributed by atoms with Gasteiger partial charge in [-0.15, -0.1) is 11.3 Å². The van der Waals surface area contributed by atoms with E-state index in [1.165, 1.54) is 11.2 Å². The molecular weight excluding hydrogens is 613 g/mol. The fourth-order valence-corrected chi connectivity index (χ4v) is 6.87. The Hall–Kier alpha value is -3.88. The molecule has 45 heavy (non-hydrogen) atoms. The second-order valence-electron chi connectivity index (χ2n) is 11.3. The Morgan fingerprint density at radius 1 is 1.18 bits per heavy atom. The van der Waals surface area contributed by atoms with Crippen LogP contribution in [0.2, 0.25) is 0 Å². The standard InChI is InChI=1S/C26H31N7OS.C5H9NO3S.H2/c1-4-31(5-2)18(3)16-27-26(34)19-14-22(29-24(15-19)32-10-7-11-32)20-17-28-33-12-9-21(30-25(20)33)23-8-6-13-35-23;1-10(8,9)5-2-6(3-5)4-7;/h6,8-9,12-15,17-18H,4-5,7,10-11,16H2,1-3H3,(H,27,34);4-5H,2-3H2,1H3;1H/t18-;;/m0../s1. The number of sulfone groups is 1. The smallest absolute Gasteiger partial charge is 0.251 e. The van der Waals surface area contributed by atoms with Crippen molar-refractivity contribution in [3.05, 3.63) is 53.7 Å². The third-order valence-corrected chi connectivity index (χ3v) is 10.7. The quantitative estimate of drug-likeness (QED) is 0.242. The number of carbonyl (C=O) groups is 2. The van der Waals surface area contributed by atoms with E-state index in [1.807, 2.05) is 35.8 Å². The van der Waals surface area contributed by atoms with Gasteiger partial charge >= 0.3 is 0 Å². The van der Waals surface area contributed by atoms with Gasteiger partial charge in [0.2, 0.25) is 6.41 Å². The minimum absolute atomic E-state index is 0. The normalized spacial score (nSPS) is 15.7. The molecule has 0 spiro atoms. The minimum Gasteiger partial charge on any atom is -0.356 e. The number of carbonyl (C=O) groups excluding carboxylic acids is 2. The number of fused-ring (bicyclic) bond motifs is 1. The Morgan fingerprint density at radius 2 is 1.93 bits per heavy atom. The Morgan fingerprint density at radius 3 is 2.53 bits per heavy atom. The number of nitrogens with zero attached hydrogens (tertiary/aromatic N) is 7. The highest BCUT2D eigenvalue weighted by Crippen LogP contribution is 2.30. The van der Waals surface area contributed by atoms with Gasteiger partial charge in [-0.25, -0.2) is 22.9 Å². The molecule has 1 atom stereocenters. The molecule has 0 radical (unpaired) electrons. The third-order valence-electron chi connectivity index (χ3n) is 8.30. The third kappa shape index (κ3) is 7.51. The number of pyridine rings is 1. The molecule has 14 heteroatoms. The van der Waals surface area contributed by atoms with Crippen LogP contribution in [0.3, 0.4) is 0 Å². The van der Waals surface area contributed by atoms with Crippen molar-refractivity contribution in [3.63, 3.8) is 0 Å². The molecule has 2 aliphatic rings. The summed E-state index contributed by atoms with van der Waals surface area (Å²) >= 11 is 1.65. The van der Waals surface area contributed by atoms with E-state index in [0.29, 0.717) is 37.3 Å². The zero-order valence-electron chi connectivity index (χ0n) is 26.1. The minimum atomic E-state index is -2.91. The molecule has 2 aliphatic heterocycles. The molecule has 0 bridgehead atoms. The highest BCUT2D eigenvalue weighted by molar-refractivity contribution is 7.91. The molecule has 4 aromatic heterocycles. The van der Waals surface area contributed by atoms with Gasteiger partial charge in [-0.05, 0) is 56.1 Å². The molecular formula is C31H42N8O4S2. The molecule has 2 saturated heterocycles. The molecule has 2 fully saturated rings. The molecule has 0 aromatic carbocycles. The van der Waals surface area contributed by atoms with Crippen molar-refractivity contribution in [2.75, 3.05) is 57.0 Å². The summed E-state index contributed by atoms with van der Waals surface area (Å²) < 4.78 is 23.2. The van der Waals surface area contributed by atoms with Crippen molar-refractivity contribution in [3.8, 4) is 21.8 Å². The average Bonchev–Trinajstić information content (AvgIpc) is 3.65. The number of hydrogen-bond acceptors (Lipinski definition) is 10. The SMILES string of the molecule is CCN(CC)[C@@H](C)CNC(=O)c1cc(-c2cnn3ccc(-c4cccs4)nc23)nc(N2CCC2)c1.CS(=O)(=O)C1CN(C=O)C1.[HH]. The molecule has 4 aromatic rings. The van der Waals surface area contributed by atoms with E-state index in [1.54, 1.807) is 22.0 Å². The van der Waals surface area contributed by atoms with Crippen LogP contribution in [0.25, 0.3) is 27.5 Å². The van der Waals surface area contributed by atoms with Gasteiger partial charge in [0.1, 0.15) is 5.82 Å². The summed E-state index contributed by atoms with van der Waals surface area (Å²) in [5.74, 6) is 0.739. The molecule has 1 N–H and O–H groups in total. The number of aromatic nitrogens is 4. The van der Waals surface area contributed by atoms with Gasteiger partial charge in [0.05, 0.1) is 33.3 Å². The Balaban J connectivity index is 0.000000375. The van der Waals surface area contributed by atoms with E-state index in [2.05, 4.69) is 47.1 Å². The largest absolute Gasteiger partial charge is 0.356 e. The van der Waals surface area contributed by atoms with E-state index in [-0.39, 0.29) is 18.6 Å². The van der Waals surface area contributed by atoms with Gasteiger partial charge in [-0.1, -0.05) is 19.9 Å². The lowest BCUT2D eigenvalue weighted by molar-refractivity contribution is -0.120. The van der Waals surface area contributed by atoms with Crippen LogP contribution >= 0.6 is 11.3 Å². The predicted molar refractivity (Wildman–Crippen MR) is 179 cm³/mol. The van der Waals surface area contributed by atoms with Gasteiger partial charge < -0.3 is 15.1 Å². The summed E-state index contributed by atoms with van der Waals surface area (Å²) in [6, 6.07) is 10.1. The van der Waals surface area contributed by atoms with Crippen LogP contribution < -0.4 is 10.2 Å². The van der Waals surface area contributed by atoms with Crippen molar-refractivity contribution in [2.45, 2.75) is 38.5 Å². The first-order valence-electron chi connectivity index (χ1n) is 15.2. The van der Waals surface area contributed by atoms with Gasteiger partial charge in [-0.2, -0.15) is 5.10 Å². The Labute approximate surface area is 269 Å². The van der Waals surface area contributed by atoms with Gasteiger partial charge in [0, 0.05) is 58.2 Å².